The summed E-state index contributed by atoms with van der Waals surface area (Å²) in [5, 5.41) is 14.2. The van der Waals surface area contributed by atoms with E-state index >= 15 is 0 Å². The van der Waals surface area contributed by atoms with Gasteiger partial charge in [0.05, 0.1) is 15.5 Å². The minimum Gasteiger partial charge on any atom is -0.357 e. The second kappa shape index (κ2) is 13.8. The number of aryl methyl sites for hydroxylation is 1. The smallest absolute Gasteiger partial charge is 0.271 e. The van der Waals surface area contributed by atoms with Gasteiger partial charge in [-0.3, -0.25) is 24.0 Å². The standard InChI is InChI=1S/C32H32N4O6S/c1-24-16-18-26(19-17-24)22-34(30(32(38)33-2)20-25-10-5-3-6-11-25)31(37)23-35(27-12-9-13-28(21-27)36(39)40)43(41,42)29-14-7-4-8-15-29/h3-19,21,30H,20,22-23H2,1-2H3,(H,33,38)/t30-/m1/s1. The lowest BCUT2D eigenvalue weighted by molar-refractivity contribution is -0.384. The summed E-state index contributed by atoms with van der Waals surface area (Å²) in [6, 6.07) is 28.3. The number of nitro benzene ring substituents is 1. The molecule has 4 aromatic rings. The van der Waals surface area contributed by atoms with Crippen LogP contribution in [-0.4, -0.2) is 49.7 Å². The number of carbonyl (C=O) groups excluding carboxylic acids is 2. The molecule has 4 rings (SSSR count). The van der Waals surface area contributed by atoms with E-state index < -0.39 is 39.3 Å². The SMILES string of the molecule is CNC(=O)[C@@H](Cc1ccccc1)N(Cc1ccc(C)cc1)C(=O)CN(c1cccc([N+](=O)[O-])c1)S(=O)(=O)c1ccccc1. The topological polar surface area (TPSA) is 130 Å². The van der Waals surface area contributed by atoms with Crippen LogP contribution in [0.2, 0.25) is 0 Å². The zero-order valence-electron chi connectivity index (χ0n) is 23.8. The van der Waals surface area contributed by atoms with E-state index in [1.165, 1.54) is 42.3 Å². The van der Waals surface area contributed by atoms with E-state index in [-0.39, 0.29) is 29.2 Å². The van der Waals surface area contributed by atoms with E-state index in [0.29, 0.717) is 0 Å². The van der Waals surface area contributed by atoms with Gasteiger partial charge in [-0.05, 0) is 36.2 Å². The fraction of sp³-hybridized carbons (Fsp3) is 0.188. The molecule has 0 spiro atoms. The molecule has 0 unspecified atom stereocenters. The number of hydrogen-bond acceptors (Lipinski definition) is 6. The van der Waals surface area contributed by atoms with Crippen molar-refractivity contribution in [1.82, 2.24) is 10.2 Å². The van der Waals surface area contributed by atoms with Crippen molar-refractivity contribution < 1.29 is 22.9 Å². The maximum Gasteiger partial charge on any atom is 0.271 e. The molecular weight excluding hydrogens is 568 g/mol. The van der Waals surface area contributed by atoms with E-state index in [4.69, 9.17) is 0 Å². The first kappa shape index (κ1) is 30.9. The van der Waals surface area contributed by atoms with Crippen LogP contribution in [0.1, 0.15) is 16.7 Å². The predicted molar refractivity (Wildman–Crippen MR) is 164 cm³/mol. The molecule has 1 atom stereocenters. The summed E-state index contributed by atoms with van der Waals surface area (Å²) >= 11 is 0. The summed E-state index contributed by atoms with van der Waals surface area (Å²) in [6.45, 7) is 1.26. The van der Waals surface area contributed by atoms with Crippen LogP contribution in [-0.2, 0) is 32.6 Å². The number of benzene rings is 4. The van der Waals surface area contributed by atoms with Crippen LogP contribution in [0.4, 0.5) is 11.4 Å². The fourth-order valence-electron chi connectivity index (χ4n) is 4.62. The quantitative estimate of drug-likeness (QED) is 0.189. The minimum absolute atomic E-state index is 0.0260. The van der Waals surface area contributed by atoms with Crippen molar-refractivity contribution in [3.8, 4) is 0 Å². The van der Waals surface area contributed by atoms with Gasteiger partial charge >= 0.3 is 0 Å². The van der Waals surface area contributed by atoms with Crippen molar-refractivity contribution in [2.75, 3.05) is 17.9 Å². The number of sulfonamides is 1. The van der Waals surface area contributed by atoms with Crippen LogP contribution in [0.3, 0.4) is 0 Å². The number of rotatable bonds is 12. The molecule has 0 saturated heterocycles. The van der Waals surface area contributed by atoms with Gasteiger partial charge in [-0.1, -0.05) is 84.4 Å². The van der Waals surface area contributed by atoms with Gasteiger partial charge in [0.15, 0.2) is 0 Å². The molecule has 2 amide bonds. The van der Waals surface area contributed by atoms with Crippen molar-refractivity contribution in [3.05, 3.63) is 136 Å². The Morgan fingerprint density at radius 3 is 2.09 bits per heavy atom. The Hall–Kier alpha value is -5.03. The lowest BCUT2D eigenvalue weighted by Crippen LogP contribution is -2.53. The molecule has 0 heterocycles. The van der Waals surface area contributed by atoms with Crippen LogP contribution in [0.5, 0.6) is 0 Å². The number of anilines is 1. The molecule has 0 saturated carbocycles. The molecule has 43 heavy (non-hydrogen) atoms. The Labute approximate surface area is 250 Å². The van der Waals surface area contributed by atoms with Gasteiger partial charge in [0.2, 0.25) is 11.8 Å². The largest absolute Gasteiger partial charge is 0.357 e. The van der Waals surface area contributed by atoms with Crippen molar-refractivity contribution >= 4 is 33.2 Å². The zero-order chi connectivity index (χ0) is 31.0. The molecule has 1 N–H and O–H groups in total. The summed E-state index contributed by atoms with van der Waals surface area (Å²) in [5.74, 6) is -1.08. The fourth-order valence-corrected chi connectivity index (χ4v) is 6.05. The maximum absolute atomic E-state index is 14.3. The molecule has 4 aromatic carbocycles. The molecule has 0 aliphatic carbocycles. The average Bonchev–Trinajstić information content (AvgIpc) is 3.02. The Balaban J connectivity index is 1.80. The van der Waals surface area contributed by atoms with E-state index in [0.717, 1.165) is 27.1 Å². The molecule has 0 aromatic heterocycles. The number of carbonyl (C=O) groups is 2. The van der Waals surface area contributed by atoms with Crippen LogP contribution in [0.15, 0.2) is 114 Å². The van der Waals surface area contributed by atoms with Gasteiger partial charge in [-0.25, -0.2) is 8.42 Å². The third-order valence-electron chi connectivity index (χ3n) is 6.93. The first-order valence-corrected chi connectivity index (χ1v) is 15.0. The molecule has 0 aliphatic rings. The van der Waals surface area contributed by atoms with Crippen LogP contribution >= 0.6 is 0 Å². The second-order valence-corrected chi connectivity index (χ2v) is 11.8. The molecular formula is C32H32N4O6S. The summed E-state index contributed by atoms with van der Waals surface area (Å²) < 4.78 is 28.7. The Bertz CT molecular complexity index is 1680. The molecule has 0 aliphatic heterocycles. The molecule has 11 heteroatoms. The predicted octanol–water partition coefficient (Wildman–Crippen LogP) is 4.48. The highest BCUT2D eigenvalue weighted by molar-refractivity contribution is 7.92. The molecule has 222 valence electrons. The molecule has 0 fully saturated rings. The number of hydrogen-bond donors (Lipinski definition) is 1. The van der Waals surface area contributed by atoms with Crippen LogP contribution < -0.4 is 9.62 Å². The van der Waals surface area contributed by atoms with Crippen LogP contribution in [0.25, 0.3) is 0 Å². The maximum atomic E-state index is 14.3. The number of amides is 2. The highest BCUT2D eigenvalue weighted by Crippen LogP contribution is 2.28. The van der Waals surface area contributed by atoms with E-state index in [1.54, 1.807) is 18.2 Å². The number of nitrogens with zero attached hydrogens (tertiary/aromatic N) is 3. The highest BCUT2D eigenvalue weighted by atomic mass is 32.2. The third-order valence-corrected chi connectivity index (χ3v) is 8.72. The van der Waals surface area contributed by atoms with Crippen molar-refractivity contribution in [1.29, 1.82) is 0 Å². The minimum atomic E-state index is -4.35. The normalized spacial score (nSPS) is 11.8. The molecule has 0 bridgehead atoms. The summed E-state index contributed by atoms with van der Waals surface area (Å²) in [4.78, 5) is 39.7. The first-order chi connectivity index (χ1) is 20.6. The van der Waals surface area contributed by atoms with E-state index in [1.807, 2.05) is 61.5 Å². The first-order valence-electron chi connectivity index (χ1n) is 13.5. The number of likely N-dealkylation sites (N-methyl/N-ethyl adjacent to an activating group) is 1. The zero-order valence-corrected chi connectivity index (χ0v) is 24.6. The summed E-state index contributed by atoms with van der Waals surface area (Å²) in [7, 11) is -2.88. The average molecular weight is 601 g/mol. The highest BCUT2D eigenvalue weighted by Gasteiger charge is 2.34. The van der Waals surface area contributed by atoms with Gasteiger partial charge in [0.25, 0.3) is 15.7 Å². The Morgan fingerprint density at radius 2 is 1.49 bits per heavy atom. The molecule has 10 nitrogen and oxygen atoms in total. The monoisotopic (exact) mass is 600 g/mol. The van der Waals surface area contributed by atoms with Crippen molar-refractivity contribution in [2.24, 2.45) is 0 Å². The number of nitrogens with one attached hydrogen (secondary N) is 1. The van der Waals surface area contributed by atoms with Crippen molar-refractivity contribution in [2.45, 2.75) is 30.8 Å². The summed E-state index contributed by atoms with van der Waals surface area (Å²) in [6.07, 6.45) is 0.181. The number of nitro groups is 1. The second-order valence-electron chi connectivity index (χ2n) is 9.93. The van der Waals surface area contributed by atoms with Gasteiger partial charge in [-0.2, -0.15) is 0 Å². The summed E-state index contributed by atoms with van der Waals surface area (Å²) in [5.41, 5.74) is 2.18. The van der Waals surface area contributed by atoms with E-state index in [2.05, 4.69) is 5.32 Å². The Kier molecular flexibility index (Phi) is 9.89. The van der Waals surface area contributed by atoms with Gasteiger partial charge in [0.1, 0.15) is 12.6 Å². The van der Waals surface area contributed by atoms with Crippen molar-refractivity contribution in [3.63, 3.8) is 0 Å². The van der Waals surface area contributed by atoms with Crippen LogP contribution in [0, 0.1) is 17.0 Å². The van der Waals surface area contributed by atoms with E-state index in [9.17, 15) is 28.1 Å². The Morgan fingerprint density at radius 1 is 0.860 bits per heavy atom. The lowest BCUT2D eigenvalue weighted by atomic mass is 10.0. The molecule has 0 radical (unpaired) electrons. The van der Waals surface area contributed by atoms with Gasteiger partial charge in [0, 0.05) is 32.1 Å². The lowest BCUT2D eigenvalue weighted by Gasteiger charge is -2.33. The third kappa shape index (κ3) is 7.63. The number of non-ortho nitro benzene ring substituents is 1. The van der Waals surface area contributed by atoms with Gasteiger partial charge < -0.3 is 10.2 Å². The van der Waals surface area contributed by atoms with Gasteiger partial charge in [-0.15, -0.1) is 0 Å².